The molecule has 2 aliphatic rings. The maximum Gasteiger partial charge on any atom is 0.242 e. The average Bonchev–Trinajstić information content (AvgIpc) is 2.99. The molecule has 1 atom stereocenters. The van der Waals surface area contributed by atoms with Gasteiger partial charge in [0.25, 0.3) is 0 Å². The van der Waals surface area contributed by atoms with Crippen molar-refractivity contribution in [1.29, 1.82) is 0 Å². The number of benzene rings is 1. The smallest absolute Gasteiger partial charge is 0.242 e. The first-order chi connectivity index (χ1) is 9.15. The third-order valence-corrected chi connectivity index (χ3v) is 4.40. The molecular formula is C13H15N3O2S. The van der Waals surface area contributed by atoms with Gasteiger partial charge in [-0.05, 0) is 23.8 Å². The number of likely N-dealkylation sites (N-methyl/N-ethyl adjacent to an activating group) is 1. The van der Waals surface area contributed by atoms with Gasteiger partial charge in [0.05, 0.1) is 12.5 Å². The highest BCUT2D eigenvalue weighted by Crippen LogP contribution is 2.30. The Balaban J connectivity index is 1.75. The normalized spacial score (nSPS) is 21.6. The SMILES string of the molecule is CN1C(=O)Cc2cc(NC(=O)C3CSCN3)ccc21. The van der Waals surface area contributed by atoms with Crippen LogP contribution in [0.25, 0.3) is 0 Å². The van der Waals surface area contributed by atoms with E-state index in [1.807, 2.05) is 18.2 Å². The van der Waals surface area contributed by atoms with Gasteiger partial charge in [-0.1, -0.05) is 0 Å². The Bertz CT molecular complexity index is 541. The van der Waals surface area contributed by atoms with Gasteiger partial charge in [-0.15, -0.1) is 11.8 Å². The summed E-state index contributed by atoms with van der Waals surface area (Å²) in [6, 6.07) is 5.49. The first-order valence-corrected chi connectivity index (χ1v) is 7.32. The number of amides is 2. The number of carbonyl (C=O) groups excluding carboxylic acids is 2. The van der Waals surface area contributed by atoms with Gasteiger partial charge in [-0.2, -0.15) is 0 Å². The summed E-state index contributed by atoms with van der Waals surface area (Å²) >= 11 is 1.72. The maximum absolute atomic E-state index is 12.0. The molecule has 5 nitrogen and oxygen atoms in total. The van der Waals surface area contributed by atoms with Crippen molar-refractivity contribution in [2.75, 3.05) is 28.9 Å². The minimum Gasteiger partial charge on any atom is -0.325 e. The quantitative estimate of drug-likeness (QED) is 0.839. The van der Waals surface area contributed by atoms with Gasteiger partial charge in [0, 0.05) is 30.1 Å². The second kappa shape index (κ2) is 4.86. The molecule has 6 heteroatoms. The highest BCUT2D eigenvalue weighted by atomic mass is 32.2. The molecule has 1 unspecified atom stereocenters. The largest absolute Gasteiger partial charge is 0.325 e. The fourth-order valence-electron chi connectivity index (χ4n) is 2.34. The molecule has 0 saturated carbocycles. The molecule has 3 rings (SSSR count). The second-order valence-electron chi connectivity index (χ2n) is 4.73. The van der Waals surface area contributed by atoms with Crippen molar-refractivity contribution in [1.82, 2.24) is 5.32 Å². The summed E-state index contributed by atoms with van der Waals surface area (Å²) in [6.07, 6.45) is 0.410. The summed E-state index contributed by atoms with van der Waals surface area (Å²) in [7, 11) is 1.77. The van der Waals surface area contributed by atoms with Gasteiger partial charge in [-0.25, -0.2) is 0 Å². The molecule has 2 aliphatic heterocycles. The molecule has 0 spiro atoms. The summed E-state index contributed by atoms with van der Waals surface area (Å²) in [5.41, 5.74) is 2.65. The van der Waals surface area contributed by atoms with Gasteiger partial charge in [0.1, 0.15) is 0 Å². The van der Waals surface area contributed by atoms with E-state index in [2.05, 4.69) is 10.6 Å². The molecule has 1 fully saturated rings. The van der Waals surface area contributed by atoms with Crippen LogP contribution in [-0.4, -0.2) is 36.5 Å². The molecule has 1 saturated heterocycles. The second-order valence-corrected chi connectivity index (χ2v) is 5.76. The molecule has 0 radical (unpaired) electrons. The Morgan fingerprint density at radius 1 is 1.53 bits per heavy atom. The van der Waals surface area contributed by atoms with E-state index in [0.29, 0.717) is 6.42 Å². The van der Waals surface area contributed by atoms with Crippen molar-refractivity contribution < 1.29 is 9.59 Å². The van der Waals surface area contributed by atoms with Crippen LogP contribution in [-0.2, 0) is 16.0 Å². The van der Waals surface area contributed by atoms with Crippen LogP contribution < -0.4 is 15.5 Å². The van der Waals surface area contributed by atoms with Crippen molar-refractivity contribution >= 4 is 35.0 Å². The Morgan fingerprint density at radius 3 is 3.11 bits per heavy atom. The van der Waals surface area contributed by atoms with Crippen molar-refractivity contribution in [2.45, 2.75) is 12.5 Å². The Labute approximate surface area is 115 Å². The number of nitrogens with one attached hydrogen (secondary N) is 2. The molecule has 2 amide bonds. The first kappa shape index (κ1) is 12.5. The van der Waals surface area contributed by atoms with E-state index in [4.69, 9.17) is 0 Å². The van der Waals surface area contributed by atoms with Crippen molar-refractivity contribution in [2.24, 2.45) is 0 Å². The average molecular weight is 277 g/mol. The lowest BCUT2D eigenvalue weighted by Crippen LogP contribution is -2.37. The molecular weight excluding hydrogens is 262 g/mol. The number of rotatable bonds is 2. The number of thioether (sulfide) groups is 1. The van der Waals surface area contributed by atoms with E-state index in [1.165, 1.54) is 0 Å². The van der Waals surface area contributed by atoms with Crippen LogP contribution in [0.5, 0.6) is 0 Å². The molecule has 100 valence electrons. The lowest BCUT2D eigenvalue weighted by atomic mass is 10.1. The third-order valence-electron chi connectivity index (χ3n) is 3.46. The zero-order valence-electron chi connectivity index (χ0n) is 10.6. The van der Waals surface area contributed by atoms with Crippen molar-refractivity contribution in [3.8, 4) is 0 Å². The number of fused-ring (bicyclic) bond motifs is 1. The molecule has 1 aromatic carbocycles. The minimum absolute atomic E-state index is 0.0115. The highest BCUT2D eigenvalue weighted by Gasteiger charge is 2.25. The van der Waals surface area contributed by atoms with Crippen molar-refractivity contribution in [3.05, 3.63) is 23.8 Å². The highest BCUT2D eigenvalue weighted by molar-refractivity contribution is 7.99. The molecule has 19 heavy (non-hydrogen) atoms. The number of hydrogen-bond donors (Lipinski definition) is 2. The van der Waals surface area contributed by atoms with Gasteiger partial charge in [0.15, 0.2) is 0 Å². The monoisotopic (exact) mass is 277 g/mol. The molecule has 2 N–H and O–H groups in total. The fraction of sp³-hybridized carbons (Fsp3) is 0.385. The zero-order valence-corrected chi connectivity index (χ0v) is 11.4. The fourth-order valence-corrected chi connectivity index (χ4v) is 3.28. The molecule has 0 bridgehead atoms. The Morgan fingerprint density at radius 2 is 2.37 bits per heavy atom. The zero-order chi connectivity index (χ0) is 13.4. The molecule has 0 aromatic heterocycles. The Kier molecular flexibility index (Phi) is 3.20. The van der Waals surface area contributed by atoms with Crippen LogP contribution in [0.2, 0.25) is 0 Å². The van der Waals surface area contributed by atoms with Crippen LogP contribution in [0.1, 0.15) is 5.56 Å². The van der Waals surface area contributed by atoms with Gasteiger partial charge < -0.3 is 10.2 Å². The van der Waals surface area contributed by atoms with Gasteiger partial charge in [0.2, 0.25) is 11.8 Å². The van der Waals surface area contributed by atoms with E-state index >= 15 is 0 Å². The van der Waals surface area contributed by atoms with Gasteiger partial charge in [-0.3, -0.25) is 14.9 Å². The lowest BCUT2D eigenvalue weighted by Gasteiger charge is -2.13. The summed E-state index contributed by atoms with van der Waals surface area (Å²) in [5, 5.41) is 6.03. The van der Waals surface area contributed by atoms with Crippen LogP contribution in [0.4, 0.5) is 11.4 Å². The predicted molar refractivity (Wildman–Crippen MR) is 76.4 cm³/mol. The van der Waals surface area contributed by atoms with Crippen LogP contribution >= 0.6 is 11.8 Å². The summed E-state index contributed by atoms with van der Waals surface area (Å²) in [6.45, 7) is 0. The van der Waals surface area contributed by atoms with E-state index in [1.54, 1.807) is 23.7 Å². The molecule has 2 heterocycles. The predicted octanol–water partition coefficient (Wildman–Crippen LogP) is 0.806. The minimum atomic E-state index is -0.123. The standard InChI is InChI=1S/C13H15N3O2S/c1-16-11-3-2-9(4-8(11)5-12(16)17)15-13(18)10-6-19-7-14-10/h2-4,10,14H,5-7H2,1H3,(H,15,18). The van der Waals surface area contributed by atoms with E-state index < -0.39 is 0 Å². The van der Waals surface area contributed by atoms with Crippen molar-refractivity contribution in [3.63, 3.8) is 0 Å². The van der Waals surface area contributed by atoms with Crippen LogP contribution in [0.3, 0.4) is 0 Å². The van der Waals surface area contributed by atoms with E-state index in [-0.39, 0.29) is 17.9 Å². The van der Waals surface area contributed by atoms with Crippen LogP contribution in [0.15, 0.2) is 18.2 Å². The van der Waals surface area contributed by atoms with Crippen LogP contribution in [0, 0.1) is 0 Å². The lowest BCUT2D eigenvalue weighted by molar-refractivity contribution is -0.118. The first-order valence-electron chi connectivity index (χ1n) is 6.16. The Hall–Kier alpha value is -1.53. The maximum atomic E-state index is 12.0. The van der Waals surface area contributed by atoms with Gasteiger partial charge >= 0.3 is 0 Å². The molecule has 1 aromatic rings. The number of nitrogens with zero attached hydrogens (tertiary/aromatic N) is 1. The van der Waals surface area contributed by atoms with E-state index in [0.717, 1.165) is 28.6 Å². The van der Waals surface area contributed by atoms with E-state index in [9.17, 15) is 9.59 Å². The summed E-state index contributed by atoms with van der Waals surface area (Å²) in [5.74, 6) is 1.70. The summed E-state index contributed by atoms with van der Waals surface area (Å²) < 4.78 is 0. The topological polar surface area (TPSA) is 61.4 Å². The molecule has 0 aliphatic carbocycles. The number of anilines is 2. The third kappa shape index (κ3) is 2.33. The summed E-state index contributed by atoms with van der Waals surface area (Å²) in [4.78, 5) is 25.2. The number of carbonyl (C=O) groups is 2. The number of hydrogen-bond acceptors (Lipinski definition) is 4.